The van der Waals surface area contributed by atoms with Crippen molar-refractivity contribution in [1.29, 1.82) is 0 Å². The predicted octanol–water partition coefficient (Wildman–Crippen LogP) is 12.6. The van der Waals surface area contributed by atoms with Crippen molar-refractivity contribution >= 4 is 53.4 Å². The lowest BCUT2D eigenvalue weighted by Gasteiger charge is -2.11. The second-order valence-electron chi connectivity index (χ2n) is 11.4. The summed E-state index contributed by atoms with van der Waals surface area (Å²) in [5.74, 6) is 0. The lowest BCUT2D eigenvalue weighted by molar-refractivity contribution is 0.669. The molecular formula is C42H26OS. The molecule has 9 rings (SSSR count). The molecule has 0 atom stereocenters. The molecule has 0 aliphatic heterocycles. The molecule has 0 radical (unpaired) electrons. The van der Waals surface area contributed by atoms with Gasteiger partial charge in [-0.1, -0.05) is 97.1 Å². The van der Waals surface area contributed by atoms with Gasteiger partial charge in [0.25, 0.3) is 0 Å². The van der Waals surface area contributed by atoms with E-state index in [1.807, 2.05) is 23.5 Å². The molecule has 2 heteroatoms. The maximum absolute atomic E-state index is 6.09. The third-order valence-electron chi connectivity index (χ3n) is 8.66. The highest BCUT2D eigenvalue weighted by Crippen LogP contribution is 2.41. The van der Waals surface area contributed by atoms with Crippen molar-refractivity contribution < 1.29 is 4.42 Å². The van der Waals surface area contributed by atoms with E-state index in [0.717, 1.165) is 21.9 Å². The minimum atomic E-state index is 0.925. The molecule has 2 aromatic heterocycles. The number of benzene rings is 7. The predicted molar refractivity (Wildman–Crippen MR) is 188 cm³/mol. The number of hydrogen-bond acceptors (Lipinski definition) is 2. The van der Waals surface area contributed by atoms with Gasteiger partial charge in [0.2, 0.25) is 0 Å². The molecule has 0 unspecified atom stereocenters. The molecule has 7 aromatic carbocycles. The van der Waals surface area contributed by atoms with Gasteiger partial charge in [0.1, 0.15) is 11.2 Å². The zero-order valence-electron chi connectivity index (χ0n) is 23.8. The van der Waals surface area contributed by atoms with Crippen molar-refractivity contribution in [3.63, 3.8) is 0 Å². The number of furan rings is 1. The summed E-state index contributed by atoms with van der Waals surface area (Å²) in [5, 5.41) is 4.90. The Morgan fingerprint density at radius 2 is 0.750 bits per heavy atom. The van der Waals surface area contributed by atoms with Gasteiger partial charge in [-0.05, 0) is 105 Å². The molecule has 2 heterocycles. The molecule has 0 aliphatic rings. The van der Waals surface area contributed by atoms with Gasteiger partial charge < -0.3 is 4.42 Å². The van der Waals surface area contributed by atoms with Gasteiger partial charge in [-0.2, -0.15) is 0 Å². The van der Waals surface area contributed by atoms with Gasteiger partial charge in [0.05, 0.1) is 0 Å². The first-order chi connectivity index (χ1) is 21.8. The first-order valence-electron chi connectivity index (χ1n) is 14.9. The molecular weight excluding hydrogens is 553 g/mol. The van der Waals surface area contributed by atoms with Crippen LogP contribution in [0.3, 0.4) is 0 Å². The topological polar surface area (TPSA) is 13.1 Å². The Kier molecular flexibility index (Phi) is 5.75. The van der Waals surface area contributed by atoms with Crippen LogP contribution >= 0.6 is 11.3 Å². The van der Waals surface area contributed by atoms with Crippen LogP contribution in [0.25, 0.3) is 86.6 Å². The maximum Gasteiger partial charge on any atom is 0.135 e. The van der Waals surface area contributed by atoms with E-state index in [0.29, 0.717) is 0 Å². The van der Waals surface area contributed by atoms with E-state index in [2.05, 4.69) is 146 Å². The van der Waals surface area contributed by atoms with Crippen LogP contribution in [0.4, 0.5) is 0 Å². The minimum absolute atomic E-state index is 0.925. The fourth-order valence-electron chi connectivity index (χ4n) is 6.43. The summed E-state index contributed by atoms with van der Waals surface area (Å²) in [6, 6.07) is 56.9. The Morgan fingerprint density at radius 1 is 0.295 bits per heavy atom. The third kappa shape index (κ3) is 4.23. The molecule has 0 spiro atoms. The maximum atomic E-state index is 6.09. The van der Waals surface area contributed by atoms with Crippen LogP contribution < -0.4 is 0 Å². The summed E-state index contributed by atoms with van der Waals surface area (Å²) in [7, 11) is 0. The van der Waals surface area contributed by atoms with Crippen LogP contribution in [0.5, 0.6) is 0 Å². The second-order valence-corrected chi connectivity index (χ2v) is 12.4. The van der Waals surface area contributed by atoms with Crippen molar-refractivity contribution in [1.82, 2.24) is 0 Å². The van der Waals surface area contributed by atoms with Crippen LogP contribution in [0.2, 0.25) is 0 Å². The van der Waals surface area contributed by atoms with Gasteiger partial charge in [-0.25, -0.2) is 0 Å². The highest BCUT2D eigenvalue weighted by atomic mass is 32.1. The lowest BCUT2D eigenvalue weighted by atomic mass is 9.93. The average molecular weight is 579 g/mol. The number of rotatable bonds is 4. The summed E-state index contributed by atoms with van der Waals surface area (Å²) >= 11 is 1.86. The van der Waals surface area contributed by atoms with Crippen molar-refractivity contribution in [2.45, 2.75) is 0 Å². The summed E-state index contributed by atoms with van der Waals surface area (Å²) in [6.45, 7) is 0. The molecule has 0 fully saturated rings. The van der Waals surface area contributed by atoms with Crippen molar-refractivity contribution in [3.05, 3.63) is 158 Å². The molecule has 0 bridgehead atoms. The normalized spacial score (nSPS) is 11.6. The van der Waals surface area contributed by atoms with Crippen LogP contribution in [-0.4, -0.2) is 0 Å². The lowest BCUT2D eigenvalue weighted by Crippen LogP contribution is -1.86. The number of thiophene rings is 1. The average Bonchev–Trinajstić information content (AvgIpc) is 3.66. The van der Waals surface area contributed by atoms with Crippen LogP contribution in [0.15, 0.2) is 162 Å². The molecule has 44 heavy (non-hydrogen) atoms. The van der Waals surface area contributed by atoms with Gasteiger partial charge >= 0.3 is 0 Å². The van der Waals surface area contributed by atoms with Crippen LogP contribution in [0.1, 0.15) is 0 Å². The summed E-state index contributed by atoms with van der Waals surface area (Å²) in [6.07, 6.45) is 0. The zero-order chi connectivity index (χ0) is 29.0. The Bertz CT molecular complexity index is 2420. The SMILES string of the molecule is c1ccc(-c2cc(-c3ccccc3)cc(-c3ccc4sc5ccc(-c6ccc7oc8ccccc8c7c6)cc5c4c3)c2)cc1. The summed E-state index contributed by atoms with van der Waals surface area (Å²) in [5.41, 5.74) is 11.6. The molecule has 0 saturated heterocycles. The zero-order valence-corrected chi connectivity index (χ0v) is 24.6. The van der Waals surface area contributed by atoms with E-state index in [4.69, 9.17) is 4.42 Å². The first kappa shape index (κ1) is 25.1. The smallest absolute Gasteiger partial charge is 0.135 e. The van der Waals surface area contributed by atoms with E-state index in [1.54, 1.807) is 0 Å². The molecule has 9 aromatic rings. The Labute approximate surface area is 259 Å². The largest absolute Gasteiger partial charge is 0.456 e. The quantitative estimate of drug-likeness (QED) is 0.202. The monoisotopic (exact) mass is 578 g/mol. The third-order valence-corrected chi connectivity index (χ3v) is 9.81. The van der Waals surface area contributed by atoms with Crippen molar-refractivity contribution in [2.75, 3.05) is 0 Å². The molecule has 206 valence electrons. The molecule has 0 N–H and O–H groups in total. The molecule has 0 amide bonds. The van der Waals surface area contributed by atoms with E-state index in [9.17, 15) is 0 Å². The number of fused-ring (bicyclic) bond motifs is 6. The summed E-state index contributed by atoms with van der Waals surface area (Å²) < 4.78 is 8.70. The molecule has 1 nitrogen and oxygen atoms in total. The van der Waals surface area contributed by atoms with Crippen LogP contribution in [0, 0.1) is 0 Å². The van der Waals surface area contributed by atoms with Gasteiger partial charge in [-0.3, -0.25) is 0 Å². The van der Waals surface area contributed by atoms with E-state index >= 15 is 0 Å². The fourth-order valence-corrected chi connectivity index (χ4v) is 7.50. The van der Waals surface area contributed by atoms with E-state index in [1.165, 1.54) is 64.7 Å². The highest BCUT2D eigenvalue weighted by Gasteiger charge is 2.13. The van der Waals surface area contributed by atoms with Gasteiger partial charge in [-0.15, -0.1) is 11.3 Å². The molecule has 0 aliphatic carbocycles. The Hall–Kier alpha value is -5.44. The van der Waals surface area contributed by atoms with Crippen LogP contribution in [-0.2, 0) is 0 Å². The Balaban J connectivity index is 1.19. The standard InChI is InChI=1S/C42H26OS/c1-3-9-27(10-4-1)32-21-33(28-11-5-2-6-12-28)23-34(22-32)31-17-20-42-38(26-31)37-25-30(16-19-41(37)44-42)29-15-18-40-36(24-29)35-13-7-8-14-39(35)43-40/h1-26H. The first-order valence-corrected chi connectivity index (χ1v) is 15.7. The van der Waals surface area contributed by atoms with E-state index < -0.39 is 0 Å². The van der Waals surface area contributed by atoms with Gasteiger partial charge in [0.15, 0.2) is 0 Å². The molecule has 0 saturated carbocycles. The Morgan fingerprint density at radius 3 is 1.36 bits per heavy atom. The number of hydrogen-bond donors (Lipinski definition) is 0. The summed E-state index contributed by atoms with van der Waals surface area (Å²) in [4.78, 5) is 0. The fraction of sp³-hybridized carbons (Fsp3) is 0. The number of para-hydroxylation sites is 1. The van der Waals surface area contributed by atoms with E-state index in [-0.39, 0.29) is 0 Å². The van der Waals surface area contributed by atoms with Crippen molar-refractivity contribution in [2.24, 2.45) is 0 Å². The second kappa shape index (κ2) is 10.1. The highest BCUT2D eigenvalue weighted by molar-refractivity contribution is 7.25. The minimum Gasteiger partial charge on any atom is -0.456 e. The van der Waals surface area contributed by atoms with Crippen molar-refractivity contribution in [3.8, 4) is 44.5 Å². The van der Waals surface area contributed by atoms with Gasteiger partial charge in [0, 0.05) is 30.9 Å².